The van der Waals surface area contributed by atoms with Crippen LogP contribution in [0.15, 0.2) is 36.7 Å². The molecule has 1 N–H and O–H groups in total. The van der Waals surface area contributed by atoms with E-state index < -0.39 is 0 Å². The number of pyridine rings is 1. The van der Waals surface area contributed by atoms with E-state index >= 15 is 0 Å². The molecule has 23 heavy (non-hydrogen) atoms. The Hall–Kier alpha value is -2.07. The van der Waals surface area contributed by atoms with E-state index in [2.05, 4.69) is 17.6 Å². The van der Waals surface area contributed by atoms with Gasteiger partial charge in [0.2, 0.25) is 6.54 Å². The Kier molecular flexibility index (Phi) is 4.82. The van der Waals surface area contributed by atoms with E-state index in [0.717, 1.165) is 12.8 Å². The van der Waals surface area contributed by atoms with Crippen LogP contribution in [-0.4, -0.2) is 13.0 Å². The number of hydrogen-bond acceptors (Lipinski definition) is 2. The second-order valence-corrected chi connectivity index (χ2v) is 6.18. The summed E-state index contributed by atoms with van der Waals surface area (Å²) >= 11 is 6.07. The molecule has 0 saturated carbocycles. The number of aryl methyl sites for hydroxylation is 2. The van der Waals surface area contributed by atoms with Crippen LogP contribution in [-0.2, 0) is 24.2 Å². The minimum Gasteiger partial charge on any atom is -0.495 e. The van der Waals surface area contributed by atoms with E-state index in [9.17, 15) is 4.79 Å². The van der Waals surface area contributed by atoms with Gasteiger partial charge in [-0.15, -0.1) is 0 Å². The average molecular weight is 332 g/mol. The van der Waals surface area contributed by atoms with Crippen molar-refractivity contribution >= 4 is 23.2 Å². The SMILES string of the molecule is COc1ccc(NC(=O)C[n+]2ccc3c(c2)CCCC3)cc1Cl. The van der Waals surface area contributed by atoms with Gasteiger partial charge in [-0.25, -0.2) is 0 Å². The number of carbonyl (C=O) groups excluding carboxylic acids is 1. The summed E-state index contributed by atoms with van der Waals surface area (Å²) in [5, 5.41) is 3.34. The molecule has 120 valence electrons. The van der Waals surface area contributed by atoms with Gasteiger partial charge in [0.15, 0.2) is 12.4 Å². The molecule has 0 fully saturated rings. The molecule has 3 rings (SSSR count). The zero-order chi connectivity index (χ0) is 16.2. The van der Waals surface area contributed by atoms with Crippen molar-refractivity contribution in [3.05, 3.63) is 52.8 Å². The van der Waals surface area contributed by atoms with Gasteiger partial charge in [-0.3, -0.25) is 4.79 Å². The third-order valence-electron chi connectivity index (χ3n) is 4.11. The van der Waals surface area contributed by atoms with E-state index in [0.29, 0.717) is 16.5 Å². The zero-order valence-corrected chi connectivity index (χ0v) is 13.9. The van der Waals surface area contributed by atoms with Crippen molar-refractivity contribution < 1.29 is 14.1 Å². The quantitative estimate of drug-likeness (QED) is 0.874. The van der Waals surface area contributed by atoms with E-state index in [-0.39, 0.29) is 12.5 Å². The van der Waals surface area contributed by atoms with Crippen LogP contribution in [0, 0.1) is 0 Å². The van der Waals surface area contributed by atoms with Gasteiger partial charge in [0.25, 0.3) is 5.91 Å². The minimum absolute atomic E-state index is 0.0769. The highest BCUT2D eigenvalue weighted by atomic mass is 35.5. The molecular weight excluding hydrogens is 312 g/mol. The lowest BCUT2D eigenvalue weighted by atomic mass is 9.93. The molecule has 1 aromatic heterocycles. The van der Waals surface area contributed by atoms with Crippen LogP contribution in [0.25, 0.3) is 0 Å². The Morgan fingerprint density at radius 1 is 1.26 bits per heavy atom. The predicted molar refractivity (Wildman–Crippen MR) is 89.9 cm³/mol. The first kappa shape index (κ1) is 15.8. The van der Waals surface area contributed by atoms with E-state index in [1.807, 2.05) is 10.8 Å². The first-order valence-corrected chi connectivity index (χ1v) is 8.18. The smallest absolute Gasteiger partial charge is 0.290 e. The molecule has 0 radical (unpaired) electrons. The lowest BCUT2D eigenvalue weighted by Crippen LogP contribution is -2.40. The highest BCUT2D eigenvalue weighted by molar-refractivity contribution is 6.32. The lowest BCUT2D eigenvalue weighted by molar-refractivity contribution is -0.684. The third-order valence-corrected chi connectivity index (χ3v) is 4.40. The van der Waals surface area contributed by atoms with Crippen LogP contribution in [0.1, 0.15) is 24.0 Å². The molecule has 0 atom stereocenters. The van der Waals surface area contributed by atoms with Crippen LogP contribution in [0.4, 0.5) is 5.69 Å². The topological polar surface area (TPSA) is 42.2 Å². The molecule has 1 heterocycles. The van der Waals surface area contributed by atoms with Crippen molar-refractivity contribution in [2.45, 2.75) is 32.2 Å². The third kappa shape index (κ3) is 3.82. The molecule has 2 aromatic rings. The number of nitrogens with zero attached hydrogens (tertiary/aromatic N) is 1. The second kappa shape index (κ2) is 7.01. The Labute approximate surface area is 141 Å². The molecule has 0 bridgehead atoms. The van der Waals surface area contributed by atoms with Gasteiger partial charge in [-0.05, 0) is 49.4 Å². The van der Waals surface area contributed by atoms with Gasteiger partial charge in [0.1, 0.15) is 5.75 Å². The summed E-state index contributed by atoms with van der Waals surface area (Å²) in [4.78, 5) is 12.2. The number of anilines is 1. The molecular formula is C18H20ClN2O2+. The fourth-order valence-corrected chi connectivity index (χ4v) is 3.19. The first-order valence-electron chi connectivity index (χ1n) is 7.80. The number of nitrogens with one attached hydrogen (secondary N) is 1. The van der Waals surface area contributed by atoms with Crippen molar-refractivity contribution in [1.29, 1.82) is 0 Å². The highest BCUT2D eigenvalue weighted by Crippen LogP contribution is 2.27. The number of amides is 1. The summed E-state index contributed by atoms with van der Waals surface area (Å²) in [6, 6.07) is 7.34. The van der Waals surface area contributed by atoms with Gasteiger partial charge in [-0.2, -0.15) is 4.57 Å². The summed E-state index contributed by atoms with van der Waals surface area (Å²) in [6.45, 7) is 0.289. The Bertz CT molecular complexity index is 731. The number of rotatable bonds is 4. The van der Waals surface area contributed by atoms with Crippen molar-refractivity contribution in [1.82, 2.24) is 0 Å². The van der Waals surface area contributed by atoms with Gasteiger partial charge < -0.3 is 10.1 Å². The largest absolute Gasteiger partial charge is 0.495 e. The molecule has 1 aliphatic carbocycles. The summed E-state index contributed by atoms with van der Waals surface area (Å²) in [5.41, 5.74) is 3.44. The summed E-state index contributed by atoms with van der Waals surface area (Å²) in [7, 11) is 1.56. The Balaban J connectivity index is 1.66. The highest BCUT2D eigenvalue weighted by Gasteiger charge is 2.16. The predicted octanol–water partition coefficient (Wildman–Crippen LogP) is 3.15. The first-order chi connectivity index (χ1) is 11.2. The molecule has 0 spiro atoms. The van der Waals surface area contributed by atoms with E-state index in [1.54, 1.807) is 25.3 Å². The van der Waals surface area contributed by atoms with Gasteiger partial charge in [0.05, 0.1) is 12.1 Å². The molecule has 4 nitrogen and oxygen atoms in total. The van der Waals surface area contributed by atoms with Crippen LogP contribution >= 0.6 is 11.6 Å². The van der Waals surface area contributed by atoms with Crippen molar-refractivity contribution in [2.75, 3.05) is 12.4 Å². The minimum atomic E-state index is -0.0769. The van der Waals surface area contributed by atoms with Crippen LogP contribution < -0.4 is 14.6 Å². The fourth-order valence-electron chi connectivity index (χ4n) is 2.93. The van der Waals surface area contributed by atoms with Crippen LogP contribution in [0.2, 0.25) is 5.02 Å². The standard InChI is InChI=1S/C18H19ClN2O2/c1-23-17-7-6-15(10-16(17)19)20-18(22)12-21-9-8-13-4-2-3-5-14(13)11-21/h6-11H,2-5,12H2,1H3/p+1. The fraction of sp³-hybridized carbons (Fsp3) is 0.333. The number of hydrogen-bond donors (Lipinski definition) is 1. The number of aromatic nitrogens is 1. The van der Waals surface area contributed by atoms with Crippen molar-refractivity contribution in [3.8, 4) is 5.75 Å². The maximum Gasteiger partial charge on any atom is 0.290 e. The molecule has 0 aliphatic heterocycles. The number of methoxy groups -OCH3 is 1. The maximum atomic E-state index is 12.2. The summed E-state index contributed by atoms with van der Waals surface area (Å²) in [6.07, 6.45) is 8.81. The Morgan fingerprint density at radius 2 is 2.04 bits per heavy atom. The second-order valence-electron chi connectivity index (χ2n) is 5.77. The number of fused-ring (bicyclic) bond motifs is 1. The monoisotopic (exact) mass is 331 g/mol. The lowest BCUT2D eigenvalue weighted by Gasteiger charge is -2.13. The number of halogens is 1. The maximum absolute atomic E-state index is 12.2. The molecule has 1 aromatic carbocycles. The number of carbonyl (C=O) groups is 1. The van der Waals surface area contributed by atoms with Crippen molar-refractivity contribution in [3.63, 3.8) is 0 Å². The van der Waals surface area contributed by atoms with Crippen LogP contribution in [0.5, 0.6) is 5.75 Å². The van der Waals surface area contributed by atoms with Gasteiger partial charge in [0, 0.05) is 17.3 Å². The van der Waals surface area contributed by atoms with E-state index in [4.69, 9.17) is 16.3 Å². The molecule has 1 aliphatic rings. The Morgan fingerprint density at radius 3 is 2.78 bits per heavy atom. The molecule has 0 unspecified atom stereocenters. The normalized spacial score (nSPS) is 13.3. The zero-order valence-electron chi connectivity index (χ0n) is 13.1. The van der Waals surface area contributed by atoms with E-state index in [1.165, 1.54) is 24.0 Å². The van der Waals surface area contributed by atoms with Gasteiger partial charge >= 0.3 is 0 Å². The average Bonchev–Trinajstić information content (AvgIpc) is 2.55. The molecule has 5 heteroatoms. The molecule has 0 saturated heterocycles. The van der Waals surface area contributed by atoms with Gasteiger partial charge in [-0.1, -0.05) is 11.6 Å². The number of ether oxygens (including phenoxy) is 1. The number of benzene rings is 1. The van der Waals surface area contributed by atoms with Crippen LogP contribution in [0.3, 0.4) is 0 Å². The summed E-state index contributed by atoms with van der Waals surface area (Å²) in [5.74, 6) is 0.515. The molecule has 1 amide bonds. The van der Waals surface area contributed by atoms with Crippen molar-refractivity contribution in [2.24, 2.45) is 0 Å². The summed E-state index contributed by atoms with van der Waals surface area (Å²) < 4.78 is 7.04.